The summed E-state index contributed by atoms with van der Waals surface area (Å²) in [6, 6.07) is 7.71. The van der Waals surface area contributed by atoms with E-state index in [1.807, 2.05) is 24.3 Å². The van der Waals surface area contributed by atoms with Crippen LogP contribution in [0.1, 0.15) is 11.1 Å². The van der Waals surface area contributed by atoms with Crippen molar-refractivity contribution in [1.82, 2.24) is 4.90 Å². The van der Waals surface area contributed by atoms with Crippen molar-refractivity contribution in [2.45, 2.75) is 12.6 Å². The lowest BCUT2D eigenvalue weighted by Crippen LogP contribution is -2.43. The van der Waals surface area contributed by atoms with Gasteiger partial charge < -0.3 is 15.6 Å². The van der Waals surface area contributed by atoms with E-state index in [4.69, 9.17) is 21.0 Å². The number of aliphatic hydroxyl groups is 1. The van der Waals surface area contributed by atoms with Gasteiger partial charge in [-0.15, -0.1) is 0 Å². The molecule has 1 aromatic rings. The molecule has 0 bridgehead atoms. The monoisotopic (exact) mass is 249 g/mol. The molecular weight excluding hydrogens is 230 g/mol. The van der Waals surface area contributed by atoms with Crippen LogP contribution in [0.3, 0.4) is 0 Å². The number of amidine groups is 1. The molecule has 1 aliphatic heterocycles. The molecular formula is C13H19N3O2. The van der Waals surface area contributed by atoms with Gasteiger partial charge in [0, 0.05) is 25.2 Å². The Kier molecular flexibility index (Phi) is 4.30. The molecule has 18 heavy (non-hydrogen) atoms. The standard InChI is InChI=1S/C13H19N3O2/c14-13(15)11-3-1-2-10(6-11)7-16-4-5-18-12(8-16)9-17/h1-3,6,12,17H,4-5,7-9H2,(H3,14,15). The Balaban J connectivity index is 2.00. The van der Waals surface area contributed by atoms with Gasteiger partial charge in [-0.2, -0.15) is 0 Å². The Bertz CT molecular complexity index is 422. The van der Waals surface area contributed by atoms with Crippen LogP contribution < -0.4 is 5.73 Å². The van der Waals surface area contributed by atoms with Gasteiger partial charge in [0.25, 0.3) is 0 Å². The fourth-order valence-corrected chi connectivity index (χ4v) is 2.13. The molecule has 2 rings (SSSR count). The molecule has 0 aliphatic carbocycles. The van der Waals surface area contributed by atoms with Gasteiger partial charge in [-0.3, -0.25) is 10.3 Å². The number of nitrogens with two attached hydrogens (primary N) is 1. The largest absolute Gasteiger partial charge is 0.394 e. The van der Waals surface area contributed by atoms with Crippen molar-refractivity contribution in [3.63, 3.8) is 0 Å². The van der Waals surface area contributed by atoms with E-state index in [9.17, 15) is 0 Å². The summed E-state index contributed by atoms with van der Waals surface area (Å²) in [5, 5.41) is 16.5. The van der Waals surface area contributed by atoms with E-state index in [0.29, 0.717) is 6.61 Å². The van der Waals surface area contributed by atoms with E-state index in [1.165, 1.54) is 0 Å². The van der Waals surface area contributed by atoms with E-state index in [0.717, 1.165) is 30.8 Å². The highest BCUT2D eigenvalue weighted by Crippen LogP contribution is 2.11. The number of hydrogen-bond acceptors (Lipinski definition) is 4. The molecule has 1 aliphatic rings. The van der Waals surface area contributed by atoms with Gasteiger partial charge in [-0.25, -0.2) is 0 Å². The van der Waals surface area contributed by atoms with Crippen LogP contribution in [0.2, 0.25) is 0 Å². The second-order valence-corrected chi connectivity index (χ2v) is 4.52. The smallest absolute Gasteiger partial charge is 0.122 e. The summed E-state index contributed by atoms with van der Waals surface area (Å²) >= 11 is 0. The highest BCUT2D eigenvalue weighted by molar-refractivity contribution is 5.95. The zero-order chi connectivity index (χ0) is 13.0. The lowest BCUT2D eigenvalue weighted by molar-refractivity contribution is -0.0551. The molecule has 1 heterocycles. The number of hydrogen-bond donors (Lipinski definition) is 3. The first-order valence-electron chi connectivity index (χ1n) is 6.07. The fourth-order valence-electron chi connectivity index (χ4n) is 2.13. The maximum Gasteiger partial charge on any atom is 0.122 e. The third-order valence-corrected chi connectivity index (χ3v) is 3.07. The van der Waals surface area contributed by atoms with Crippen molar-refractivity contribution in [2.75, 3.05) is 26.3 Å². The fraction of sp³-hybridized carbons (Fsp3) is 0.462. The van der Waals surface area contributed by atoms with Gasteiger partial charge in [-0.05, 0) is 11.6 Å². The first-order chi connectivity index (χ1) is 8.69. The average Bonchev–Trinajstić information content (AvgIpc) is 2.39. The molecule has 0 saturated carbocycles. The normalized spacial score (nSPS) is 20.8. The van der Waals surface area contributed by atoms with Crippen LogP contribution in [-0.4, -0.2) is 48.2 Å². The summed E-state index contributed by atoms with van der Waals surface area (Å²) in [4.78, 5) is 2.24. The molecule has 1 atom stereocenters. The summed E-state index contributed by atoms with van der Waals surface area (Å²) in [5.74, 6) is 0.0899. The van der Waals surface area contributed by atoms with E-state index in [1.54, 1.807) is 0 Å². The third kappa shape index (κ3) is 3.29. The second-order valence-electron chi connectivity index (χ2n) is 4.52. The Hall–Kier alpha value is -1.43. The number of benzene rings is 1. The van der Waals surface area contributed by atoms with E-state index < -0.39 is 0 Å². The van der Waals surface area contributed by atoms with E-state index in [2.05, 4.69) is 4.90 Å². The van der Waals surface area contributed by atoms with Crippen LogP contribution in [0.25, 0.3) is 0 Å². The minimum Gasteiger partial charge on any atom is -0.394 e. The molecule has 1 aromatic carbocycles. The quantitative estimate of drug-likeness (QED) is 0.524. The van der Waals surface area contributed by atoms with Gasteiger partial charge in [0.05, 0.1) is 19.3 Å². The topological polar surface area (TPSA) is 82.6 Å². The molecule has 0 aromatic heterocycles. The molecule has 0 spiro atoms. The number of nitrogens with one attached hydrogen (secondary N) is 1. The molecule has 0 radical (unpaired) electrons. The van der Waals surface area contributed by atoms with Crippen molar-refractivity contribution < 1.29 is 9.84 Å². The number of morpholine rings is 1. The molecule has 98 valence electrons. The highest BCUT2D eigenvalue weighted by atomic mass is 16.5. The predicted octanol–water partition coefficient (Wildman–Crippen LogP) is 0.164. The lowest BCUT2D eigenvalue weighted by Gasteiger charge is -2.32. The number of nitrogens with zero attached hydrogens (tertiary/aromatic N) is 1. The van der Waals surface area contributed by atoms with Crippen molar-refractivity contribution in [2.24, 2.45) is 5.73 Å². The summed E-state index contributed by atoms with van der Waals surface area (Å²) < 4.78 is 5.41. The second kappa shape index (κ2) is 5.95. The SMILES string of the molecule is N=C(N)c1cccc(CN2CCOC(CO)C2)c1. The summed E-state index contributed by atoms with van der Waals surface area (Å²) in [6.45, 7) is 3.10. The number of nitrogen functional groups attached to an aromatic ring is 1. The van der Waals surface area contributed by atoms with Gasteiger partial charge in [0.2, 0.25) is 0 Å². The van der Waals surface area contributed by atoms with Gasteiger partial charge >= 0.3 is 0 Å². The Morgan fingerprint density at radius 1 is 1.56 bits per heavy atom. The number of aliphatic hydroxyl groups excluding tert-OH is 1. The lowest BCUT2D eigenvalue weighted by atomic mass is 10.1. The van der Waals surface area contributed by atoms with Crippen LogP contribution in [0.5, 0.6) is 0 Å². The van der Waals surface area contributed by atoms with Crippen molar-refractivity contribution >= 4 is 5.84 Å². The van der Waals surface area contributed by atoms with Crippen molar-refractivity contribution in [1.29, 1.82) is 5.41 Å². The number of rotatable bonds is 4. The molecule has 1 fully saturated rings. The maximum atomic E-state index is 9.10. The Labute approximate surface area is 107 Å². The van der Waals surface area contributed by atoms with Gasteiger partial charge in [0.15, 0.2) is 0 Å². The van der Waals surface area contributed by atoms with Crippen molar-refractivity contribution in [3.05, 3.63) is 35.4 Å². The average molecular weight is 249 g/mol. The minimum absolute atomic E-state index is 0.0595. The highest BCUT2D eigenvalue weighted by Gasteiger charge is 2.19. The molecule has 5 heteroatoms. The summed E-state index contributed by atoms with van der Waals surface area (Å²) in [7, 11) is 0. The molecule has 0 amide bonds. The molecule has 1 saturated heterocycles. The first kappa shape index (κ1) is 13.0. The zero-order valence-corrected chi connectivity index (χ0v) is 10.3. The minimum atomic E-state index is -0.0882. The van der Waals surface area contributed by atoms with Crippen LogP contribution in [0.4, 0.5) is 0 Å². The molecule has 4 N–H and O–H groups in total. The molecule has 5 nitrogen and oxygen atoms in total. The zero-order valence-electron chi connectivity index (χ0n) is 10.3. The van der Waals surface area contributed by atoms with Crippen molar-refractivity contribution in [3.8, 4) is 0 Å². The maximum absolute atomic E-state index is 9.10. The summed E-state index contributed by atoms with van der Waals surface area (Å²) in [6.07, 6.45) is -0.0882. The van der Waals surface area contributed by atoms with E-state index >= 15 is 0 Å². The third-order valence-electron chi connectivity index (χ3n) is 3.07. The molecule has 1 unspecified atom stereocenters. The van der Waals surface area contributed by atoms with E-state index in [-0.39, 0.29) is 18.5 Å². The van der Waals surface area contributed by atoms with Crippen LogP contribution in [0, 0.1) is 5.41 Å². The van der Waals surface area contributed by atoms with Crippen LogP contribution in [-0.2, 0) is 11.3 Å². The Morgan fingerprint density at radius 3 is 3.11 bits per heavy atom. The van der Waals surface area contributed by atoms with Gasteiger partial charge in [0.1, 0.15) is 5.84 Å². The van der Waals surface area contributed by atoms with Crippen LogP contribution >= 0.6 is 0 Å². The summed E-state index contributed by atoms with van der Waals surface area (Å²) in [5.41, 5.74) is 7.35. The van der Waals surface area contributed by atoms with Crippen LogP contribution in [0.15, 0.2) is 24.3 Å². The predicted molar refractivity (Wildman–Crippen MR) is 69.6 cm³/mol. The Morgan fingerprint density at radius 2 is 2.39 bits per heavy atom. The number of ether oxygens (including phenoxy) is 1. The first-order valence-corrected chi connectivity index (χ1v) is 6.07. The van der Waals surface area contributed by atoms with Gasteiger partial charge in [-0.1, -0.05) is 18.2 Å².